The molecule has 0 saturated heterocycles. The number of carbonyl (C=O) groups excluding carboxylic acids is 1. The summed E-state index contributed by atoms with van der Waals surface area (Å²) in [6, 6.07) is 7.95. The summed E-state index contributed by atoms with van der Waals surface area (Å²) < 4.78 is 0.911. The third kappa shape index (κ3) is 6.51. The molecule has 1 aliphatic rings. The molecule has 0 spiro atoms. The highest BCUT2D eigenvalue weighted by atomic mass is 79.9. The molecule has 2 rings (SSSR count). The number of halogens is 1. The number of amides is 1. The molecule has 0 radical (unpaired) electrons. The molecule has 1 aromatic rings. The molecule has 1 aliphatic carbocycles. The van der Waals surface area contributed by atoms with Crippen LogP contribution in [0.25, 0.3) is 0 Å². The maximum Gasteiger partial charge on any atom is 0.251 e. The molecule has 0 heterocycles. The fourth-order valence-electron chi connectivity index (χ4n) is 2.86. The lowest BCUT2D eigenvalue weighted by Crippen LogP contribution is -2.44. The monoisotopic (exact) mass is 394 g/mol. The van der Waals surface area contributed by atoms with E-state index in [1.165, 1.54) is 32.1 Å². The van der Waals surface area contributed by atoms with Crippen molar-refractivity contribution in [1.82, 2.24) is 16.0 Å². The average molecular weight is 395 g/mol. The van der Waals surface area contributed by atoms with Crippen LogP contribution < -0.4 is 16.0 Å². The van der Waals surface area contributed by atoms with Gasteiger partial charge in [-0.05, 0) is 37.5 Å². The lowest BCUT2D eigenvalue weighted by molar-refractivity contribution is 0.0953. The highest BCUT2D eigenvalue weighted by molar-refractivity contribution is 9.10. The number of nitrogens with zero attached hydrogens (tertiary/aromatic N) is 1. The van der Waals surface area contributed by atoms with Crippen LogP contribution in [0.3, 0.4) is 0 Å². The first-order valence-corrected chi connectivity index (χ1v) is 9.49. The number of benzene rings is 1. The lowest BCUT2D eigenvalue weighted by atomic mass is 9.96. The van der Waals surface area contributed by atoms with Crippen molar-refractivity contribution in [2.75, 3.05) is 20.1 Å². The summed E-state index contributed by atoms with van der Waals surface area (Å²) >= 11 is 3.38. The molecule has 0 aliphatic heterocycles. The molecule has 6 heteroatoms. The molecule has 0 atom stereocenters. The molecule has 132 valence electrons. The minimum absolute atomic E-state index is 0.0407. The smallest absolute Gasteiger partial charge is 0.251 e. The number of nitrogens with one attached hydrogen (secondary N) is 3. The molecule has 0 unspecified atom stereocenters. The number of hydrogen-bond donors (Lipinski definition) is 3. The lowest BCUT2D eigenvalue weighted by Gasteiger charge is -2.24. The Kier molecular flexibility index (Phi) is 8.08. The van der Waals surface area contributed by atoms with E-state index in [-0.39, 0.29) is 5.91 Å². The largest absolute Gasteiger partial charge is 0.356 e. The van der Waals surface area contributed by atoms with Gasteiger partial charge in [0.25, 0.3) is 5.91 Å². The van der Waals surface area contributed by atoms with Crippen LogP contribution in [0, 0.1) is 0 Å². The van der Waals surface area contributed by atoms with Gasteiger partial charge in [0.05, 0.1) is 0 Å². The van der Waals surface area contributed by atoms with Crippen LogP contribution in [0.5, 0.6) is 0 Å². The van der Waals surface area contributed by atoms with Crippen LogP contribution >= 0.6 is 15.9 Å². The number of rotatable bonds is 6. The molecule has 1 aromatic carbocycles. The summed E-state index contributed by atoms with van der Waals surface area (Å²) in [7, 11) is 1.80. The minimum Gasteiger partial charge on any atom is -0.356 e. The second kappa shape index (κ2) is 10.3. The molecular formula is C18H27BrN4O. The van der Waals surface area contributed by atoms with Crippen LogP contribution in [0.1, 0.15) is 48.9 Å². The fraction of sp³-hybridized carbons (Fsp3) is 0.556. The van der Waals surface area contributed by atoms with Crippen LogP contribution in [0.15, 0.2) is 33.7 Å². The van der Waals surface area contributed by atoms with Gasteiger partial charge in [0.2, 0.25) is 0 Å². The van der Waals surface area contributed by atoms with Gasteiger partial charge in [0.15, 0.2) is 5.96 Å². The Morgan fingerprint density at radius 1 is 1.21 bits per heavy atom. The Morgan fingerprint density at radius 2 is 1.96 bits per heavy atom. The zero-order valence-corrected chi connectivity index (χ0v) is 15.9. The van der Waals surface area contributed by atoms with E-state index in [2.05, 4.69) is 36.9 Å². The molecule has 1 saturated carbocycles. The Balaban J connectivity index is 1.62. The van der Waals surface area contributed by atoms with E-state index >= 15 is 0 Å². The molecule has 5 nitrogen and oxygen atoms in total. The predicted molar refractivity (Wildman–Crippen MR) is 102 cm³/mol. The summed E-state index contributed by atoms with van der Waals surface area (Å²) in [6.45, 7) is 1.42. The topological polar surface area (TPSA) is 65.5 Å². The zero-order chi connectivity index (χ0) is 17.2. The molecule has 0 aromatic heterocycles. The van der Waals surface area contributed by atoms with Crippen molar-refractivity contribution in [1.29, 1.82) is 0 Å². The van der Waals surface area contributed by atoms with Crippen LogP contribution in [-0.2, 0) is 0 Å². The van der Waals surface area contributed by atoms with Crippen molar-refractivity contribution in [3.05, 3.63) is 34.3 Å². The van der Waals surface area contributed by atoms with E-state index in [1.807, 2.05) is 24.3 Å². The number of aliphatic imine (C=N–C) groups is 1. The normalized spacial score (nSPS) is 15.8. The van der Waals surface area contributed by atoms with Gasteiger partial charge in [-0.25, -0.2) is 0 Å². The summed E-state index contributed by atoms with van der Waals surface area (Å²) in [5.74, 6) is 0.821. The molecule has 0 bridgehead atoms. The Bertz CT molecular complexity index is 556. The first-order chi connectivity index (χ1) is 11.7. The maximum absolute atomic E-state index is 12.0. The second-order valence-electron chi connectivity index (χ2n) is 6.10. The zero-order valence-electron chi connectivity index (χ0n) is 14.3. The van der Waals surface area contributed by atoms with Crippen LogP contribution in [0.4, 0.5) is 0 Å². The molecular weight excluding hydrogens is 368 g/mol. The van der Waals surface area contributed by atoms with Gasteiger partial charge < -0.3 is 16.0 Å². The summed E-state index contributed by atoms with van der Waals surface area (Å²) in [5, 5.41) is 9.74. The van der Waals surface area contributed by atoms with Gasteiger partial charge in [-0.15, -0.1) is 0 Å². The first-order valence-electron chi connectivity index (χ1n) is 8.70. The molecule has 24 heavy (non-hydrogen) atoms. The quantitative estimate of drug-likeness (QED) is 0.394. The van der Waals surface area contributed by atoms with Gasteiger partial charge in [-0.2, -0.15) is 0 Å². The van der Waals surface area contributed by atoms with Gasteiger partial charge in [0, 0.05) is 36.2 Å². The Labute approximate surface area is 152 Å². The van der Waals surface area contributed by atoms with Crippen molar-refractivity contribution in [3.8, 4) is 0 Å². The van der Waals surface area contributed by atoms with Crippen LogP contribution in [0.2, 0.25) is 0 Å². The van der Waals surface area contributed by atoms with Gasteiger partial charge in [-0.3, -0.25) is 9.79 Å². The standard InChI is InChI=1S/C18H27BrN4O/c1-20-18(23-16-9-3-2-4-10-16)22-12-6-11-21-17(24)14-7-5-8-15(19)13-14/h5,7-8,13,16H,2-4,6,9-12H2,1H3,(H,21,24)(H2,20,22,23). The van der Waals surface area contributed by atoms with E-state index in [0.717, 1.165) is 23.4 Å². The van der Waals surface area contributed by atoms with Gasteiger partial charge in [-0.1, -0.05) is 41.3 Å². The molecule has 3 N–H and O–H groups in total. The third-order valence-corrected chi connectivity index (χ3v) is 4.68. The number of carbonyl (C=O) groups is 1. The van der Waals surface area contributed by atoms with Crippen molar-refractivity contribution < 1.29 is 4.79 Å². The summed E-state index contributed by atoms with van der Waals surface area (Å²) in [6.07, 6.45) is 7.26. The average Bonchev–Trinajstić information content (AvgIpc) is 2.61. The van der Waals surface area contributed by atoms with E-state index in [9.17, 15) is 4.79 Å². The third-order valence-electron chi connectivity index (χ3n) is 4.19. The Hall–Kier alpha value is -1.56. The number of hydrogen-bond acceptors (Lipinski definition) is 2. The van der Waals surface area contributed by atoms with E-state index in [0.29, 0.717) is 18.2 Å². The Morgan fingerprint density at radius 3 is 2.67 bits per heavy atom. The summed E-state index contributed by atoms with van der Waals surface area (Å²) in [5.41, 5.74) is 0.673. The minimum atomic E-state index is -0.0407. The van der Waals surface area contributed by atoms with Crippen molar-refractivity contribution in [2.45, 2.75) is 44.6 Å². The van der Waals surface area contributed by atoms with Crippen LogP contribution in [-0.4, -0.2) is 38.0 Å². The van der Waals surface area contributed by atoms with E-state index in [4.69, 9.17) is 0 Å². The van der Waals surface area contributed by atoms with E-state index in [1.54, 1.807) is 7.05 Å². The summed E-state index contributed by atoms with van der Waals surface area (Å²) in [4.78, 5) is 16.3. The van der Waals surface area contributed by atoms with E-state index < -0.39 is 0 Å². The second-order valence-corrected chi connectivity index (χ2v) is 7.01. The van der Waals surface area contributed by atoms with Gasteiger partial charge >= 0.3 is 0 Å². The molecule has 1 fully saturated rings. The van der Waals surface area contributed by atoms with Crippen molar-refractivity contribution >= 4 is 27.8 Å². The highest BCUT2D eigenvalue weighted by Crippen LogP contribution is 2.17. The van der Waals surface area contributed by atoms with Crippen molar-refractivity contribution in [3.63, 3.8) is 0 Å². The maximum atomic E-state index is 12.0. The van der Waals surface area contributed by atoms with Gasteiger partial charge in [0.1, 0.15) is 0 Å². The predicted octanol–water partition coefficient (Wildman–Crippen LogP) is 3.07. The fourth-order valence-corrected chi connectivity index (χ4v) is 3.26. The molecule has 1 amide bonds. The highest BCUT2D eigenvalue weighted by Gasteiger charge is 2.14. The SMILES string of the molecule is CN=C(NCCCNC(=O)c1cccc(Br)c1)NC1CCCCC1. The van der Waals surface area contributed by atoms with Crippen molar-refractivity contribution in [2.24, 2.45) is 4.99 Å². The number of guanidine groups is 1. The first kappa shape index (κ1) is 18.8.